The second-order valence-corrected chi connectivity index (χ2v) is 6.38. The molecule has 2 amide bonds. The van der Waals surface area contributed by atoms with Crippen LogP contribution in [0.2, 0.25) is 0 Å². The van der Waals surface area contributed by atoms with E-state index >= 15 is 0 Å². The van der Waals surface area contributed by atoms with Crippen LogP contribution in [0.4, 0.5) is 26.4 Å². The van der Waals surface area contributed by atoms with E-state index in [1.807, 2.05) is 42.5 Å². The van der Waals surface area contributed by atoms with Gasteiger partial charge in [0.15, 0.2) is 0 Å². The van der Waals surface area contributed by atoms with Gasteiger partial charge in [0, 0.05) is 23.3 Å². The zero-order valence-corrected chi connectivity index (χ0v) is 15.4. The molecule has 6 nitrogen and oxygen atoms in total. The van der Waals surface area contributed by atoms with Crippen molar-refractivity contribution in [2.24, 2.45) is 0 Å². The summed E-state index contributed by atoms with van der Waals surface area (Å²) in [6.07, 6.45) is 1.53. The highest BCUT2D eigenvalue weighted by molar-refractivity contribution is 5.99. The fraction of sp³-hybridized carbons (Fsp3) is 0.0455. The average Bonchev–Trinajstić information content (AvgIpc) is 2.74. The number of hydrogen-bond donors (Lipinski definition) is 3. The molecule has 3 N–H and O–H groups in total. The number of hydrogen-bond acceptors (Lipinski definition) is 4. The summed E-state index contributed by atoms with van der Waals surface area (Å²) in [6.45, 7) is 0.538. The summed E-state index contributed by atoms with van der Waals surface area (Å²) in [5, 5.41) is 9.70. The maximum Gasteiger partial charge on any atom is 0.323 e. The summed E-state index contributed by atoms with van der Waals surface area (Å²) >= 11 is 0. The van der Waals surface area contributed by atoms with Crippen LogP contribution in [0.15, 0.2) is 79.1 Å². The first-order chi connectivity index (χ1) is 14.2. The molecular formula is C22H18FN5O. The minimum absolute atomic E-state index is 0.354. The van der Waals surface area contributed by atoms with Gasteiger partial charge in [0.25, 0.3) is 0 Å². The zero-order chi connectivity index (χ0) is 20.1. The standard InChI is InChI=1S/C22H18FN5O/c23-16-8-10-17(11-9-16)27-22(29)28-18-5-3-4-15(12-18)13-24-21-19-6-1-2-7-20(19)25-14-26-21/h1-12,14H,13H2,(H,24,25,26)(H2,27,28,29). The van der Waals surface area contributed by atoms with Crippen LogP contribution in [0.5, 0.6) is 0 Å². The second-order valence-electron chi connectivity index (χ2n) is 6.38. The highest BCUT2D eigenvalue weighted by atomic mass is 19.1. The predicted molar refractivity (Wildman–Crippen MR) is 112 cm³/mol. The van der Waals surface area contributed by atoms with Gasteiger partial charge in [-0.2, -0.15) is 0 Å². The average molecular weight is 387 g/mol. The number of amides is 2. The van der Waals surface area contributed by atoms with Gasteiger partial charge >= 0.3 is 6.03 Å². The Kier molecular flexibility index (Phi) is 5.29. The summed E-state index contributed by atoms with van der Waals surface area (Å²) in [5.41, 5.74) is 3.01. The largest absolute Gasteiger partial charge is 0.365 e. The van der Waals surface area contributed by atoms with Crippen LogP contribution < -0.4 is 16.0 Å². The smallest absolute Gasteiger partial charge is 0.323 e. The van der Waals surface area contributed by atoms with E-state index in [1.165, 1.54) is 30.6 Å². The number of rotatable bonds is 5. The Morgan fingerprint density at radius 2 is 1.66 bits per heavy atom. The van der Waals surface area contributed by atoms with Gasteiger partial charge in [-0.05, 0) is 54.1 Å². The minimum atomic E-state index is -0.400. The fourth-order valence-electron chi connectivity index (χ4n) is 2.92. The molecule has 1 aromatic heterocycles. The lowest BCUT2D eigenvalue weighted by atomic mass is 10.2. The van der Waals surface area contributed by atoms with E-state index in [0.717, 1.165) is 22.3 Å². The molecule has 1 heterocycles. The number of urea groups is 1. The Bertz CT molecular complexity index is 1140. The molecule has 4 rings (SSSR count). The van der Waals surface area contributed by atoms with Crippen molar-refractivity contribution in [2.75, 3.05) is 16.0 Å². The molecule has 0 aliphatic carbocycles. The number of halogens is 1. The van der Waals surface area contributed by atoms with Gasteiger partial charge in [-0.3, -0.25) is 0 Å². The lowest BCUT2D eigenvalue weighted by molar-refractivity contribution is 0.262. The SMILES string of the molecule is O=C(Nc1ccc(F)cc1)Nc1cccc(CNc2ncnc3ccccc23)c1. The van der Waals surface area contributed by atoms with E-state index in [9.17, 15) is 9.18 Å². The van der Waals surface area contributed by atoms with Crippen LogP contribution in [0.25, 0.3) is 10.9 Å². The van der Waals surface area contributed by atoms with E-state index < -0.39 is 6.03 Å². The van der Waals surface area contributed by atoms with Gasteiger partial charge in [-0.25, -0.2) is 19.2 Å². The summed E-state index contributed by atoms with van der Waals surface area (Å²) < 4.78 is 13.0. The van der Waals surface area contributed by atoms with Gasteiger partial charge in [-0.1, -0.05) is 24.3 Å². The maximum atomic E-state index is 13.0. The molecule has 0 unspecified atom stereocenters. The quantitative estimate of drug-likeness (QED) is 0.449. The van der Waals surface area contributed by atoms with Crippen molar-refractivity contribution in [1.82, 2.24) is 9.97 Å². The van der Waals surface area contributed by atoms with E-state index in [1.54, 1.807) is 6.07 Å². The number of carbonyl (C=O) groups is 1. The number of carbonyl (C=O) groups excluding carboxylic acids is 1. The van der Waals surface area contributed by atoms with Crippen molar-refractivity contribution in [3.8, 4) is 0 Å². The van der Waals surface area contributed by atoms with Crippen molar-refractivity contribution in [3.63, 3.8) is 0 Å². The highest BCUT2D eigenvalue weighted by Gasteiger charge is 2.05. The van der Waals surface area contributed by atoms with Crippen molar-refractivity contribution in [3.05, 3.63) is 90.5 Å². The third-order valence-electron chi connectivity index (χ3n) is 4.29. The Morgan fingerprint density at radius 3 is 2.52 bits per heavy atom. The first kappa shape index (κ1) is 18.4. The van der Waals surface area contributed by atoms with Gasteiger partial charge in [0.2, 0.25) is 0 Å². The van der Waals surface area contributed by atoms with Crippen LogP contribution in [-0.2, 0) is 6.54 Å². The van der Waals surface area contributed by atoms with Crippen molar-refractivity contribution in [1.29, 1.82) is 0 Å². The number of nitrogens with zero attached hydrogens (tertiary/aromatic N) is 2. The second kappa shape index (κ2) is 8.35. The summed E-state index contributed by atoms with van der Waals surface area (Å²) in [6, 6.07) is 20.5. The molecular weight excluding hydrogens is 369 g/mol. The fourth-order valence-corrected chi connectivity index (χ4v) is 2.92. The summed E-state index contributed by atoms with van der Waals surface area (Å²) in [4.78, 5) is 20.7. The summed E-state index contributed by atoms with van der Waals surface area (Å²) in [5.74, 6) is 0.399. The molecule has 0 atom stereocenters. The van der Waals surface area contributed by atoms with Crippen LogP contribution in [0.1, 0.15) is 5.56 Å². The Labute approximate surface area is 166 Å². The first-order valence-corrected chi connectivity index (χ1v) is 9.03. The minimum Gasteiger partial charge on any atom is -0.365 e. The van der Waals surface area contributed by atoms with Gasteiger partial charge in [-0.15, -0.1) is 0 Å². The Balaban J connectivity index is 1.40. The molecule has 144 valence electrons. The molecule has 4 aromatic rings. The van der Waals surface area contributed by atoms with Gasteiger partial charge < -0.3 is 16.0 Å². The van der Waals surface area contributed by atoms with Crippen LogP contribution >= 0.6 is 0 Å². The van der Waals surface area contributed by atoms with E-state index in [-0.39, 0.29) is 5.82 Å². The molecule has 0 spiro atoms. The molecule has 0 aliphatic heterocycles. The summed E-state index contributed by atoms with van der Waals surface area (Å²) in [7, 11) is 0. The molecule has 0 bridgehead atoms. The van der Waals surface area contributed by atoms with Gasteiger partial charge in [0.1, 0.15) is 18.0 Å². The lowest BCUT2D eigenvalue weighted by Crippen LogP contribution is -2.19. The zero-order valence-electron chi connectivity index (χ0n) is 15.4. The number of para-hydroxylation sites is 1. The van der Waals surface area contributed by atoms with Crippen molar-refractivity contribution >= 4 is 34.1 Å². The number of benzene rings is 3. The van der Waals surface area contributed by atoms with Gasteiger partial charge in [0.05, 0.1) is 5.52 Å². The van der Waals surface area contributed by atoms with Crippen molar-refractivity contribution < 1.29 is 9.18 Å². The first-order valence-electron chi connectivity index (χ1n) is 9.03. The van der Waals surface area contributed by atoms with Crippen molar-refractivity contribution in [2.45, 2.75) is 6.54 Å². The molecule has 3 aromatic carbocycles. The highest BCUT2D eigenvalue weighted by Crippen LogP contribution is 2.20. The number of nitrogens with one attached hydrogen (secondary N) is 3. The molecule has 0 radical (unpaired) electrons. The Hall–Kier alpha value is -4.00. The topological polar surface area (TPSA) is 78.9 Å². The van der Waals surface area contributed by atoms with E-state index in [0.29, 0.717) is 17.9 Å². The molecule has 0 saturated heterocycles. The van der Waals surface area contributed by atoms with Crippen LogP contribution in [0.3, 0.4) is 0 Å². The number of anilines is 3. The molecule has 0 aliphatic rings. The van der Waals surface area contributed by atoms with E-state index in [4.69, 9.17) is 0 Å². The molecule has 0 fully saturated rings. The Morgan fingerprint density at radius 1 is 0.862 bits per heavy atom. The monoisotopic (exact) mass is 387 g/mol. The molecule has 29 heavy (non-hydrogen) atoms. The third-order valence-corrected chi connectivity index (χ3v) is 4.29. The van der Waals surface area contributed by atoms with Crippen LogP contribution in [-0.4, -0.2) is 16.0 Å². The maximum absolute atomic E-state index is 13.0. The number of fused-ring (bicyclic) bond motifs is 1. The molecule has 0 saturated carbocycles. The number of aromatic nitrogens is 2. The molecule has 7 heteroatoms. The van der Waals surface area contributed by atoms with E-state index in [2.05, 4.69) is 25.9 Å². The predicted octanol–water partition coefficient (Wildman–Crippen LogP) is 5.03. The van der Waals surface area contributed by atoms with Crippen LogP contribution in [0, 0.1) is 5.82 Å². The normalized spacial score (nSPS) is 10.5. The lowest BCUT2D eigenvalue weighted by Gasteiger charge is -2.11. The third kappa shape index (κ3) is 4.65.